The Bertz CT molecular complexity index is 582. The fraction of sp³-hybridized carbons (Fsp3) is 0.467. The molecule has 2 aromatic rings. The summed E-state index contributed by atoms with van der Waals surface area (Å²) in [6, 6.07) is 7.85. The molecule has 2 atom stereocenters. The molecule has 1 aromatic carbocycles. The van der Waals surface area contributed by atoms with Crippen LogP contribution in [0.25, 0.3) is 11.4 Å². The van der Waals surface area contributed by atoms with Crippen molar-refractivity contribution in [3.63, 3.8) is 0 Å². The minimum atomic E-state index is 0.130. The van der Waals surface area contributed by atoms with Crippen molar-refractivity contribution in [2.24, 2.45) is 5.73 Å². The highest BCUT2D eigenvalue weighted by Crippen LogP contribution is 2.34. The van der Waals surface area contributed by atoms with Crippen LogP contribution in [0.3, 0.4) is 0 Å². The van der Waals surface area contributed by atoms with Gasteiger partial charge in [0.1, 0.15) is 5.75 Å². The van der Waals surface area contributed by atoms with Gasteiger partial charge in [0.05, 0.1) is 18.1 Å². The van der Waals surface area contributed by atoms with Gasteiger partial charge in [0, 0.05) is 6.04 Å². The highest BCUT2D eigenvalue weighted by atomic mass is 16.5. The highest BCUT2D eigenvalue weighted by molar-refractivity contribution is 5.63. The third-order valence-corrected chi connectivity index (χ3v) is 3.76. The lowest BCUT2D eigenvalue weighted by Gasteiger charge is -2.09. The highest BCUT2D eigenvalue weighted by Gasteiger charge is 2.30. The molecule has 1 fully saturated rings. The van der Waals surface area contributed by atoms with E-state index in [1.807, 2.05) is 31.2 Å². The zero-order valence-corrected chi connectivity index (χ0v) is 11.6. The summed E-state index contributed by atoms with van der Waals surface area (Å²) >= 11 is 0. The third kappa shape index (κ3) is 2.41. The molecule has 0 saturated heterocycles. The smallest absolute Gasteiger partial charge is 0.231 e. The van der Waals surface area contributed by atoms with Crippen molar-refractivity contribution in [2.75, 3.05) is 6.61 Å². The molecule has 5 heteroatoms. The van der Waals surface area contributed by atoms with E-state index >= 15 is 0 Å². The summed E-state index contributed by atoms with van der Waals surface area (Å²) in [6.45, 7) is 2.56. The summed E-state index contributed by atoms with van der Waals surface area (Å²) < 4.78 is 11.0. The maximum atomic E-state index is 6.08. The number of aromatic nitrogens is 2. The van der Waals surface area contributed by atoms with Crippen molar-refractivity contribution >= 4 is 0 Å². The number of nitrogens with zero attached hydrogens (tertiary/aromatic N) is 2. The molecule has 0 spiro atoms. The molecule has 2 unspecified atom stereocenters. The van der Waals surface area contributed by atoms with Gasteiger partial charge in [-0.05, 0) is 31.9 Å². The number of ether oxygens (including phenoxy) is 1. The van der Waals surface area contributed by atoms with Gasteiger partial charge in [-0.1, -0.05) is 23.7 Å². The van der Waals surface area contributed by atoms with Gasteiger partial charge in [0.2, 0.25) is 11.7 Å². The Morgan fingerprint density at radius 3 is 2.95 bits per heavy atom. The summed E-state index contributed by atoms with van der Waals surface area (Å²) in [7, 11) is 0. The first-order chi connectivity index (χ1) is 9.79. The number of hydrogen-bond acceptors (Lipinski definition) is 5. The van der Waals surface area contributed by atoms with Crippen molar-refractivity contribution in [1.29, 1.82) is 0 Å². The molecule has 20 heavy (non-hydrogen) atoms. The van der Waals surface area contributed by atoms with E-state index in [4.69, 9.17) is 15.0 Å². The van der Waals surface area contributed by atoms with E-state index in [-0.39, 0.29) is 12.0 Å². The molecule has 1 aromatic heterocycles. The predicted octanol–water partition coefficient (Wildman–Crippen LogP) is 2.73. The molecule has 3 rings (SSSR count). The molecule has 106 valence electrons. The molecule has 5 nitrogen and oxygen atoms in total. The second kappa shape index (κ2) is 5.63. The van der Waals surface area contributed by atoms with Gasteiger partial charge in [0.15, 0.2) is 0 Å². The second-order valence-electron chi connectivity index (χ2n) is 5.09. The molecule has 1 heterocycles. The maximum absolute atomic E-state index is 6.08. The van der Waals surface area contributed by atoms with E-state index in [2.05, 4.69) is 10.1 Å². The van der Waals surface area contributed by atoms with Crippen LogP contribution in [0.4, 0.5) is 0 Å². The quantitative estimate of drug-likeness (QED) is 0.927. The van der Waals surface area contributed by atoms with E-state index in [1.165, 1.54) is 0 Å². The van der Waals surface area contributed by atoms with Crippen LogP contribution in [-0.4, -0.2) is 22.8 Å². The monoisotopic (exact) mass is 273 g/mol. The number of benzene rings is 1. The van der Waals surface area contributed by atoms with Crippen molar-refractivity contribution in [2.45, 2.75) is 38.1 Å². The second-order valence-corrected chi connectivity index (χ2v) is 5.09. The fourth-order valence-corrected chi connectivity index (χ4v) is 2.72. The lowest BCUT2D eigenvalue weighted by molar-refractivity contribution is 0.338. The van der Waals surface area contributed by atoms with Crippen LogP contribution in [0.15, 0.2) is 28.8 Å². The minimum absolute atomic E-state index is 0.130. The lowest BCUT2D eigenvalue weighted by atomic mass is 10.1. The lowest BCUT2D eigenvalue weighted by Crippen LogP contribution is -2.22. The van der Waals surface area contributed by atoms with E-state index in [1.54, 1.807) is 0 Å². The van der Waals surface area contributed by atoms with E-state index in [9.17, 15) is 0 Å². The van der Waals surface area contributed by atoms with Crippen molar-refractivity contribution < 1.29 is 9.26 Å². The van der Waals surface area contributed by atoms with Crippen LogP contribution in [0.2, 0.25) is 0 Å². The Morgan fingerprint density at radius 2 is 2.20 bits per heavy atom. The molecular formula is C15H19N3O2. The van der Waals surface area contributed by atoms with Crippen LogP contribution in [0.5, 0.6) is 5.75 Å². The van der Waals surface area contributed by atoms with Crippen LogP contribution in [-0.2, 0) is 0 Å². The molecule has 1 saturated carbocycles. The summed E-state index contributed by atoms with van der Waals surface area (Å²) in [4.78, 5) is 4.52. The van der Waals surface area contributed by atoms with E-state index in [0.717, 1.165) is 30.6 Å². The van der Waals surface area contributed by atoms with Gasteiger partial charge in [-0.25, -0.2) is 0 Å². The number of rotatable bonds is 4. The Hall–Kier alpha value is -1.88. The minimum Gasteiger partial charge on any atom is -0.493 e. The van der Waals surface area contributed by atoms with Crippen molar-refractivity contribution in [1.82, 2.24) is 10.1 Å². The molecule has 0 radical (unpaired) electrons. The van der Waals surface area contributed by atoms with Gasteiger partial charge in [-0.2, -0.15) is 4.98 Å². The summed E-state index contributed by atoms with van der Waals surface area (Å²) in [5.74, 6) is 2.19. The third-order valence-electron chi connectivity index (χ3n) is 3.76. The zero-order chi connectivity index (χ0) is 13.9. The van der Waals surface area contributed by atoms with Gasteiger partial charge < -0.3 is 15.0 Å². The average Bonchev–Trinajstić information content (AvgIpc) is 3.08. The zero-order valence-electron chi connectivity index (χ0n) is 11.6. The molecule has 0 amide bonds. The largest absolute Gasteiger partial charge is 0.493 e. The Balaban J connectivity index is 1.90. The van der Waals surface area contributed by atoms with Gasteiger partial charge >= 0.3 is 0 Å². The number of nitrogens with two attached hydrogens (primary N) is 1. The van der Waals surface area contributed by atoms with Crippen molar-refractivity contribution in [3.05, 3.63) is 30.2 Å². The van der Waals surface area contributed by atoms with Crippen molar-refractivity contribution in [3.8, 4) is 17.1 Å². The van der Waals surface area contributed by atoms with E-state index in [0.29, 0.717) is 18.3 Å². The van der Waals surface area contributed by atoms with Gasteiger partial charge in [0.25, 0.3) is 0 Å². The normalized spacial score (nSPS) is 22.1. The van der Waals surface area contributed by atoms with Crippen LogP contribution in [0, 0.1) is 0 Å². The summed E-state index contributed by atoms with van der Waals surface area (Å²) in [6.07, 6.45) is 3.17. The average molecular weight is 273 g/mol. The molecule has 1 aliphatic carbocycles. The molecule has 1 aliphatic rings. The fourth-order valence-electron chi connectivity index (χ4n) is 2.72. The first kappa shape index (κ1) is 13.1. The summed E-state index contributed by atoms with van der Waals surface area (Å²) in [5, 5.41) is 4.09. The maximum Gasteiger partial charge on any atom is 0.231 e. The topological polar surface area (TPSA) is 74.2 Å². The summed E-state index contributed by atoms with van der Waals surface area (Å²) in [5.41, 5.74) is 6.94. The molecular weight excluding hydrogens is 254 g/mol. The Kier molecular flexibility index (Phi) is 3.69. The molecule has 0 bridgehead atoms. The first-order valence-corrected chi connectivity index (χ1v) is 7.11. The van der Waals surface area contributed by atoms with Crippen LogP contribution in [0.1, 0.15) is 38.0 Å². The van der Waals surface area contributed by atoms with Gasteiger partial charge in [-0.15, -0.1) is 0 Å². The Labute approximate surface area is 118 Å². The number of para-hydroxylation sites is 1. The number of hydrogen-bond donors (Lipinski definition) is 1. The molecule has 0 aliphatic heterocycles. The first-order valence-electron chi connectivity index (χ1n) is 7.11. The standard InChI is InChI=1S/C15H19N3O2/c1-2-19-13-9-4-3-6-11(13)14-17-15(20-18-14)10-7-5-8-12(10)16/h3-4,6,9-10,12H,2,5,7-8,16H2,1H3. The van der Waals surface area contributed by atoms with Crippen LogP contribution >= 0.6 is 0 Å². The van der Waals surface area contributed by atoms with Crippen LogP contribution < -0.4 is 10.5 Å². The van der Waals surface area contributed by atoms with Gasteiger partial charge in [-0.3, -0.25) is 0 Å². The SMILES string of the molecule is CCOc1ccccc1-c1noc(C2CCCC2N)n1. The Morgan fingerprint density at radius 1 is 1.35 bits per heavy atom. The predicted molar refractivity (Wildman–Crippen MR) is 75.5 cm³/mol. The van der Waals surface area contributed by atoms with E-state index < -0.39 is 0 Å². The molecule has 2 N–H and O–H groups in total.